The largest absolute Gasteiger partial charge is 0.388 e. The van der Waals surface area contributed by atoms with Gasteiger partial charge in [-0.15, -0.1) is 0 Å². The molecule has 0 saturated heterocycles. The summed E-state index contributed by atoms with van der Waals surface area (Å²) in [4.78, 5) is 2.39. The van der Waals surface area contributed by atoms with Gasteiger partial charge >= 0.3 is 0 Å². The van der Waals surface area contributed by atoms with Crippen molar-refractivity contribution in [1.82, 2.24) is 4.90 Å². The van der Waals surface area contributed by atoms with Crippen LogP contribution in [0.15, 0.2) is 0 Å². The topological polar surface area (TPSA) is 49.5 Å². The van der Waals surface area contributed by atoms with E-state index in [4.69, 9.17) is 5.73 Å². The number of hydrogen-bond acceptors (Lipinski definition) is 3. The lowest BCUT2D eigenvalue weighted by molar-refractivity contribution is 0.00711. The van der Waals surface area contributed by atoms with Crippen LogP contribution in [0.1, 0.15) is 47.5 Å². The molecule has 0 radical (unpaired) electrons. The first kappa shape index (κ1) is 15.9. The molecule has 0 spiro atoms. The van der Waals surface area contributed by atoms with Gasteiger partial charge in [-0.05, 0) is 25.7 Å². The predicted octanol–water partition coefficient (Wildman–Crippen LogP) is 1.84. The number of nitrogens with zero attached hydrogens (tertiary/aromatic N) is 1. The van der Waals surface area contributed by atoms with E-state index in [1.165, 1.54) is 0 Å². The second kappa shape index (κ2) is 7.25. The normalized spacial score (nSPS) is 16.1. The molecule has 3 N–H and O–H groups in total. The van der Waals surface area contributed by atoms with Crippen molar-refractivity contribution < 1.29 is 5.11 Å². The number of aliphatic hydroxyl groups is 1. The van der Waals surface area contributed by atoms with E-state index in [-0.39, 0.29) is 0 Å². The van der Waals surface area contributed by atoms with Gasteiger partial charge < -0.3 is 10.8 Å². The molecule has 0 aromatic carbocycles. The van der Waals surface area contributed by atoms with Crippen molar-refractivity contribution >= 4 is 0 Å². The third kappa shape index (κ3) is 5.83. The number of nitrogens with two attached hydrogens (primary N) is 1. The van der Waals surface area contributed by atoms with Crippen LogP contribution in [-0.2, 0) is 0 Å². The molecule has 0 aromatic rings. The first-order valence-electron chi connectivity index (χ1n) is 6.52. The third-order valence-corrected chi connectivity index (χ3v) is 3.04. The molecule has 1 unspecified atom stereocenters. The van der Waals surface area contributed by atoms with Crippen LogP contribution in [0.5, 0.6) is 0 Å². The van der Waals surface area contributed by atoms with Crippen LogP contribution in [0, 0.1) is 5.92 Å². The predicted molar refractivity (Wildman–Crippen MR) is 70.5 cm³/mol. The van der Waals surface area contributed by atoms with Gasteiger partial charge in [-0.2, -0.15) is 0 Å². The Morgan fingerprint density at radius 1 is 1.25 bits per heavy atom. The molecule has 0 aliphatic heterocycles. The zero-order valence-corrected chi connectivity index (χ0v) is 11.7. The highest BCUT2D eigenvalue weighted by Gasteiger charge is 2.26. The number of rotatable bonds is 8. The quantitative estimate of drug-likeness (QED) is 0.669. The highest BCUT2D eigenvalue weighted by molar-refractivity contribution is 4.82. The summed E-state index contributed by atoms with van der Waals surface area (Å²) in [6.45, 7) is 12.7. The Kier molecular flexibility index (Phi) is 7.20. The molecule has 3 nitrogen and oxygen atoms in total. The first-order chi connectivity index (χ1) is 7.36. The molecule has 0 rings (SSSR count). The van der Waals surface area contributed by atoms with Crippen molar-refractivity contribution in [3.63, 3.8) is 0 Å². The van der Waals surface area contributed by atoms with Gasteiger partial charge in [0, 0.05) is 25.7 Å². The van der Waals surface area contributed by atoms with Gasteiger partial charge in [-0.3, -0.25) is 4.90 Å². The summed E-state index contributed by atoms with van der Waals surface area (Å²) >= 11 is 0. The Bertz CT molecular complexity index is 177. The fourth-order valence-electron chi connectivity index (χ4n) is 2.12. The average molecular weight is 230 g/mol. The lowest BCUT2D eigenvalue weighted by atomic mass is 10.0. The molecule has 0 aliphatic rings. The van der Waals surface area contributed by atoms with Crippen LogP contribution >= 0.6 is 0 Å². The van der Waals surface area contributed by atoms with E-state index >= 15 is 0 Å². The molecule has 0 aliphatic carbocycles. The van der Waals surface area contributed by atoms with Gasteiger partial charge in [0.2, 0.25) is 0 Å². The monoisotopic (exact) mass is 230 g/mol. The van der Waals surface area contributed by atoms with E-state index in [9.17, 15) is 5.11 Å². The van der Waals surface area contributed by atoms with E-state index in [0.29, 0.717) is 25.0 Å². The third-order valence-electron chi connectivity index (χ3n) is 3.04. The molecule has 0 saturated carbocycles. The van der Waals surface area contributed by atoms with Crippen LogP contribution in [0.2, 0.25) is 0 Å². The minimum absolute atomic E-state index is 0.321. The van der Waals surface area contributed by atoms with Gasteiger partial charge in [0.25, 0.3) is 0 Å². The molecule has 0 amide bonds. The SMILES string of the molecule is CCC(CC)N(CC(C)C)CC(C)(O)CN. The van der Waals surface area contributed by atoms with Gasteiger partial charge in [0.1, 0.15) is 0 Å². The van der Waals surface area contributed by atoms with Gasteiger partial charge in [-0.1, -0.05) is 27.7 Å². The molecular formula is C13H30N2O. The molecule has 0 heterocycles. The summed E-state index contributed by atoms with van der Waals surface area (Å²) in [5, 5.41) is 10.1. The summed E-state index contributed by atoms with van der Waals surface area (Å²) < 4.78 is 0. The van der Waals surface area contributed by atoms with Crippen molar-refractivity contribution in [3.8, 4) is 0 Å². The van der Waals surface area contributed by atoms with Crippen molar-refractivity contribution in [2.45, 2.75) is 59.1 Å². The minimum atomic E-state index is -0.766. The highest BCUT2D eigenvalue weighted by atomic mass is 16.3. The smallest absolute Gasteiger partial charge is 0.0867 e. The average Bonchev–Trinajstić information content (AvgIpc) is 2.18. The molecule has 3 heteroatoms. The van der Waals surface area contributed by atoms with Crippen LogP contribution in [-0.4, -0.2) is 41.3 Å². The first-order valence-corrected chi connectivity index (χ1v) is 6.52. The molecule has 0 fully saturated rings. The van der Waals surface area contributed by atoms with E-state index in [1.54, 1.807) is 0 Å². The molecule has 0 bridgehead atoms. The summed E-state index contributed by atoms with van der Waals surface area (Å²) in [6, 6.07) is 0.556. The van der Waals surface area contributed by atoms with E-state index in [2.05, 4.69) is 32.6 Å². The summed E-state index contributed by atoms with van der Waals surface area (Å²) in [6.07, 6.45) is 2.26. The Hall–Kier alpha value is -0.120. The zero-order valence-electron chi connectivity index (χ0n) is 11.7. The Morgan fingerprint density at radius 3 is 2.06 bits per heavy atom. The van der Waals surface area contributed by atoms with Gasteiger partial charge in [0.15, 0.2) is 0 Å². The molecule has 98 valence electrons. The van der Waals surface area contributed by atoms with Crippen molar-refractivity contribution in [3.05, 3.63) is 0 Å². The van der Waals surface area contributed by atoms with Crippen LogP contribution in [0.3, 0.4) is 0 Å². The fraction of sp³-hybridized carbons (Fsp3) is 1.00. The van der Waals surface area contributed by atoms with Crippen molar-refractivity contribution in [2.24, 2.45) is 11.7 Å². The molecule has 1 atom stereocenters. The van der Waals surface area contributed by atoms with E-state index in [1.807, 2.05) is 6.92 Å². The van der Waals surface area contributed by atoms with Crippen LogP contribution in [0.4, 0.5) is 0 Å². The standard InChI is InChI=1S/C13H30N2O/c1-6-12(7-2)15(8-11(3)4)10-13(5,16)9-14/h11-12,16H,6-10,14H2,1-5H3. The van der Waals surface area contributed by atoms with Crippen LogP contribution in [0.25, 0.3) is 0 Å². The maximum atomic E-state index is 10.1. The van der Waals surface area contributed by atoms with E-state index in [0.717, 1.165) is 19.4 Å². The maximum Gasteiger partial charge on any atom is 0.0867 e. The second-order valence-corrected chi connectivity index (χ2v) is 5.49. The van der Waals surface area contributed by atoms with Gasteiger partial charge in [0.05, 0.1) is 5.60 Å². The number of hydrogen-bond donors (Lipinski definition) is 2. The Balaban J connectivity index is 4.53. The molecule has 16 heavy (non-hydrogen) atoms. The summed E-state index contributed by atoms with van der Waals surface area (Å²) in [5.41, 5.74) is 4.83. The lowest BCUT2D eigenvalue weighted by Crippen LogP contribution is -2.50. The van der Waals surface area contributed by atoms with Crippen molar-refractivity contribution in [1.29, 1.82) is 0 Å². The van der Waals surface area contributed by atoms with Crippen molar-refractivity contribution in [2.75, 3.05) is 19.6 Å². The molecular weight excluding hydrogens is 200 g/mol. The zero-order chi connectivity index (χ0) is 12.8. The second-order valence-electron chi connectivity index (χ2n) is 5.49. The summed E-state index contributed by atoms with van der Waals surface area (Å²) in [5.74, 6) is 0.620. The highest BCUT2D eigenvalue weighted by Crippen LogP contribution is 2.15. The van der Waals surface area contributed by atoms with Crippen LogP contribution < -0.4 is 5.73 Å². The fourth-order valence-corrected chi connectivity index (χ4v) is 2.12. The minimum Gasteiger partial charge on any atom is -0.388 e. The van der Waals surface area contributed by atoms with E-state index < -0.39 is 5.60 Å². The maximum absolute atomic E-state index is 10.1. The summed E-state index contributed by atoms with van der Waals surface area (Å²) in [7, 11) is 0. The Morgan fingerprint density at radius 2 is 1.75 bits per heavy atom. The Labute approximate surface area is 101 Å². The molecule has 0 aromatic heterocycles. The van der Waals surface area contributed by atoms with Gasteiger partial charge in [-0.25, -0.2) is 0 Å². The lowest BCUT2D eigenvalue weighted by Gasteiger charge is -2.37.